The van der Waals surface area contributed by atoms with Gasteiger partial charge < -0.3 is 9.47 Å². The maximum absolute atomic E-state index is 12.3. The molecule has 30 heavy (non-hydrogen) atoms. The Morgan fingerprint density at radius 2 is 1.87 bits per heavy atom. The molecule has 0 N–H and O–H groups in total. The van der Waals surface area contributed by atoms with E-state index in [1.165, 1.54) is 10.5 Å². The van der Waals surface area contributed by atoms with E-state index in [-0.39, 0.29) is 29.9 Å². The number of benzene rings is 1. The van der Waals surface area contributed by atoms with Crippen LogP contribution < -0.4 is 0 Å². The number of rotatable bonds is 7. The Bertz CT molecular complexity index is 791. The lowest BCUT2D eigenvalue weighted by atomic mass is 9.88. The van der Waals surface area contributed by atoms with Gasteiger partial charge in [0.15, 0.2) is 0 Å². The van der Waals surface area contributed by atoms with Crippen molar-refractivity contribution < 1.29 is 19.1 Å². The minimum Gasteiger partial charge on any atom is -0.443 e. The standard InChI is InChI=1S/C25H35NO4/c1-17(15-18(2)22(29-7)16-20-11-9-8-10-12-20)13-14-21-19(3)23(27)26(21)24(28)30-25(4,5)6/h8-15,18-19,21-22H,16H2,1-7H3/b14-13+,17-15+/t18-,19+,21+,22-/m1/s1. The van der Waals surface area contributed by atoms with Gasteiger partial charge in [0, 0.05) is 13.0 Å². The van der Waals surface area contributed by atoms with Crippen LogP contribution in [0.2, 0.25) is 0 Å². The Kier molecular flexibility index (Phi) is 8.02. The van der Waals surface area contributed by atoms with E-state index in [2.05, 4.69) is 25.1 Å². The fourth-order valence-corrected chi connectivity index (χ4v) is 3.59. The average molecular weight is 414 g/mol. The molecule has 5 heteroatoms. The van der Waals surface area contributed by atoms with Crippen LogP contribution in [-0.4, -0.2) is 41.8 Å². The molecular weight excluding hydrogens is 378 g/mol. The van der Waals surface area contributed by atoms with Gasteiger partial charge in [-0.25, -0.2) is 9.69 Å². The number of methoxy groups -OCH3 is 1. The lowest BCUT2D eigenvalue weighted by Gasteiger charge is -2.42. The molecule has 0 aliphatic carbocycles. The van der Waals surface area contributed by atoms with E-state index in [1.807, 2.05) is 44.2 Å². The molecule has 1 saturated heterocycles. The van der Waals surface area contributed by atoms with E-state index in [0.29, 0.717) is 0 Å². The second kappa shape index (κ2) is 10.1. The van der Waals surface area contributed by atoms with E-state index in [4.69, 9.17) is 9.47 Å². The van der Waals surface area contributed by atoms with Crippen molar-refractivity contribution in [2.75, 3.05) is 7.11 Å². The summed E-state index contributed by atoms with van der Waals surface area (Å²) in [6, 6.07) is 10.0. The third kappa shape index (κ3) is 6.30. The van der Waals surface area contributed by atoms with Gasteiger partial charge in [0.1, 0.15) is 5.60 Å². The van der Waals surface area contributed by atoms with Gasteiger partial charge in [0.2, 0.25) is 5.91 Å². The summed E-state index contributed by atoms with van der Waals surface area (Å²) in [7, 11) is 1.74. The molecule has 1 aromatic carbocycles. The average Bonchev–Trinajstić information content (AvgIpc) is 2.67. The van der Waals surface area contributed by atoms with Gasteiger partial charge in [0.05, 0.1) is 18.1 Å². The zero-order chi connectivity index (χ0) is 22.5. The van der Waals surface area contributed by atoms with Crippen molar-refractivity contribution in [1.29, 1.82) is 0 Å². The van der Waals surface area contributed by atoms with Crippen molar-refractivity contribution in [3.05, 3.63) is 59.7 Å². The van der Waals surface area contributed by atoms with Crippen LogP contribution in [0, 0.1) is 11.8 Å². The summed E-state index contributed by atoms with van der Waals surface area (Å²) in [5.41, 5.74) is 1.67. The number of carbonyl (C=O) groups is 2. The fraction of sp³-hybridized carbons (Fsp3) is 0.520. The first-order chi connectivity index (χ1) is 14.0. The first-order valence-electron chi connectivity index (χ1n) is 10.5. The number of allylic oxidation sites excluding steroid dienone is 2. The second-order valence-electron chi connectivity index (χ2n) is 9.06. The molecule has 5 nitrogen and oxygen atoms in total. The smallest absolute Gasteiger partial charge is 0.417 e. The van der Waals surface area contributed by atoms with Crippen molar-refractivity contribution >= 4 is 12.0 Å². The van der Waals surface area contributed by atoms with Crippen LogP contribution >= 0.6 is 0 Å². The van der Waals surface area contributed by atoms with E-state index >= 15 is 0 Å². The minimum atomic E-state index is -0.635. The molecule has 2 amide bonds. The number of hydrogen-bond donors (Lipinski definition) is 0. The molecule has 0 unspecified atom stereocenters. The van der Waals surface area contributed by atoms with Crippen LogP contribution in [0.5, 0.6) is 0 Å². The molecule has 0 aromatic heterocycles. The van der Waals surface area contributed by atoms with Crippen molar-refractivity contribution in [1.82, 2.24) is 4.90 Å². The van der Waals surface area contributed by atoms with Gasteiger partial charge in [-0.3, -0.25) is 4.79 Å². The van der Waals surface area contributed by atoms with Crippen LogP contribution in [0.15, 0.2) is 54.1 Å². The summed E-state index contributed by atoms with van der Waals surface area (Å²) in [5, 5.41) is 0. The van der Waals surface area contributed by atoms with Crippen molar-refractivity contribution in [2.24, 2.45) is 11.8 Å². The van der Waals surface area contributed by atoms with Gasteiger partial charge in [-0.1, -0.05) is 68.0 Å². The zero-order valence-electron chi connectivity index (χ0n) is 19.2. The number of likely N-dealkylation sites (tertiary alicyclic amines) is 1. The van der Waals surface area contributed by atoms with E-state index in [1.54, 1.807) is 27.9 Å². The number of hydrogen-bond acceptors (Lipinski definition) is 4. The van der Waals surface area contributed by atoms with Gasteiger partial charge >= 0.3 is 6.09 Å². The molecule has 4 atom stereocenters. The van der Waals surface area contributed by atoms with Gasteiger partial charge in [0.25, 0.3) is 0 Å². The quantitative estimate of drug-likeness (QED) is 0.457. The molecule has 1 aromatic rings. The predicted molar refractivity (Wildman–Crippen MR) is 119 cm³/mol. The van der Waals surface area contributed by atoms with E-state index in [9.17, 15) is 9.59 Å². The number of β-lactam (4-membered cyclic amide) rings is 1. The first kappa shape index (κ1) is 23.9. The number of nitrogens with zero attached hydrogens (tertiary/aromatic N) is 1. The molecule has 0 saturated carbocycles. The van der Waals surface area contributed by atoms with Crippen LogP contribution in [0.3, 0.4) is 0 Å². The highest BCUT2D eigenvalue weighted by Gasteiger charge is 2.48. The SMILES string of the molecule is CO[C@H](Cc1ccccc1)[C@H](C)/C=C(C)/C=C/[C@H]1[C@H](C)C(=O)N1C(=O)OC(C)(C)C. The largest absolute Gasteiger partial charge is 0.443 e. The number of amides is 2. The molecule has 1 heterocycles. The minimum absolute atomic E-state index is 0.0678. The van der Waals surface area contributed by atoms with Crippen molar-refractivity contribution in [3.8, 4) is 0 Å². The highest BCUT2D eigenvalue weighted by Crippen LogP contribution is 2.30. The third-order valence-electron chi connectivity index (χ3n) is 5.28. The first-order valence-corrected chi connectivity index (χ1v) is 10.5. The number of imide groups is 1. The van der Waals surface area contributed by atoms with E-state index in [0.717, 1.165) is 12.0 Å². The summed E-state index contributed by atoms with van der Waals surface area (Å²) < 4.78 is 11.1. The summed E-state index contributed by atoms with van der Waals surface area (Å²) >= 11 is 0. The van der Waals surface area contributed by atoms with Crippen LogP contribution in [-0.2, 0) is 20.7 Å². The third-order valence-corrected chi connectivity index (χ3v) is 5.28. The number of carbonyl (C=O) groups excluding carboxylic acids is 2. The van der Waals surface area contributed by atoms with Crippen LogP contribution in [0.4, 0.5) is 4.79 Å². The Labute approximate surface area is 180 Å². The highest BCUT2D eigenvalue weighted by molar-refractivity contribution is 5.99. The summed E-state index contributed by atoms with van der Waals surface area (Å²) in [4.78, 5) is 25.7. The molecule has 1 fully saturated rings. The monoisotopic (exact) mass is 413 g/mol. The van der Waals surface area contributed by atoms with Gasteiger partial charge in [-0.15, -0.1) is 0 Å². The number of ether oxygens (including phenoxy) is 2. The van der Waals surface area contributed by atoms with Gasteiger partial charge in [-0.05, 0) is 39.7 Å². The molecule has 0 bridgehead atoms. The Morgan fingerprint density at radius 1 is 1.23 bits per heavy atom. The summed E-state index contributed by atoms with van der Waals surface area (Å²) in [6.45, 7) is 11.4. The fourth-order valence-electron chi connectivity index (χ4n) is 3.59. The molecule has 164 valence electrons. The van der Waals surface area contributed by atoms with Crippen molar-refractivity contribution in [2.45, 2.75) is 65.7 Å². The Balaban J connectivity index is 2.03. The maximum Gasteiger partial charge on any atom is 0.417 e. The van der Waals surface area contributed by atoms with Crippen LogP contribution in [0.25, 0.3) is 0 Å². The lowest BCUT2D eigenvalue weighted by molar-refractivity contribution is -0.149. The van der Waals surface area contributed by atoms with Gasteiger partial charge in [-0.2, -0.15) is 0 Å². The topological polar surface area (TPSA) is 55.8 Å². The molecule has 0 radical (unpaired) electrons. The highest BCUT2D eigenvalue weighted by atomic mass is 16.6. The Morgan fingerprint density at radius 3 is 2.43 bits per heavy atom. The lowest BCUT2D eigenvalue weighted by Crippen LogP contribution is -2.62. The summed E-state index contributed by atoms with van der Waals surface area (Å²) in [6.07, 6.45) is 6.36. The maximum atomic E-state index is 12.3. The van der Waals surface area contributed by atoms with Crippen LogP contribution in [0.1, 0.15) is 47.1 Å². The molecule has 1 aliphatic rings. The normalized spacial score (nSPS) is 22.0. The Hall–Kier alpha value is -2.40. The predicted octanol–water partition coefficient (Wildman–Crippen LogP) is 5.16. The summed E-state index contributed by atoms with van der Waals surface area (Å²) in [5.74, 6) is -0.220. The molecular formula is C25H35NO4. The van der Waals surface area contributed by atoms with E-state index < -0.39 is 11.7 Å². The second-order valence-corrected chi connectivity index (χ2v) is 9.06. The molecule has 0 spiro atoms. The zero-order valence-corrected chi connectivity index (χ0v) is 19.2. The molecule has 2 rings (SSSR count). The molecule has 1 aliphatic heterocycles. The van der Waals surface area contributed by atoms with Crippen molar-refractivity contribution in [3.63, 3.8) is 0 Å².